The molecule has 0 saturated heterocycles. The molecule has 1 aliphatic carbocycles. The molecule has 0 radical (unpaired) electrons. The first-order valence-electron chi connectivity index (χ1n) is 6.93. The third kappa shape index (κ3) is 2.77. The van der Waals surface area contributed by atoms with Crippen LogP contribution in [0.3, 0.4) is 0 Å². The van der Waals surface area contributed by atoms with Gasteiger partial charge in [0.15, 0.2) is 0 Å². The highest BCUT2D eigenvalue weighted by Crippen LogP contribution is 2.31. The summed E-state index contributed by atoms with van der Waals surface area (Å²) < 4.78 is 1.15. The van der Waals surface area contributed by atoms with Gasteiger partial charge in [-0.3, -0.25) is 0 Å². The van der Waals surface area contributed by atoms with Crippen LogP contribution in [0.4, 0.5) is 5.69 Å². The van der Waals surface area contributed by atoms with Gasteiger partial charge in [-0.1, -0.05) is 40.2 Å². The molecule has 100 valence electrons. The predicted molar refractivity (Wildman–Crippen MR) is 85.5 cm³/mol. The zero-order valence-electron chi connectivity index (χ0n) is 10.9. The Morgan fingerprint density at radius 3 is 2.37 bits per heavy atom. The third-order valence-electron chi connectivity index (χ3n) is 4.00. The summed E-state index contributed by atoms with van der Waals surface area (Å²) in [4.78, 5) is 0. The van der Waals surface area contributed by atoms with E-state index in [1.165, 1.54) is 29.3 Å². The maximum Gasteiger partial charge on any atom is 0.0422 e. The van der Waals surface area contributed by atoms with Crippen LogP contribution < -0.4 is 11.1 Å². The minimum Gasteiger partial charge on any atom is -0.382 e. The number of hydrogen-bond acceptors (Lipinski definition) is 2. The smallest absolute Gasteiger partial charge is 0.0422 e. The number of nitrogens with two attached hydrogens (primary N) is 1. The fourth-order valence-corrected chi connectivity index (χ4v) is 3.35. The molecule has 1 fully saturated rings. The van der Waals surface area contributed by atoms with Gasteiger partial charge in [-0.2, -0.15) is 0 Å². The van der Waals surface area contributed by atoms with Crippen LogP contribution >= 0.6 is 15.9 Å². The van der Waals surface area contributed by atoms with Crippen molar-refractivity contribution in [3.63, 3.8) is 0 Å². The molecule has 0 unspecified atom stereocenters. The van der Waals surface area contributed by atoms with E-state index in [9.17, 15) is 0 Å². The molecule has 3 rings (SSSR count). The fraction of sp³-hybridized carbons (Fsp3) is 0.375. The first-order valence-corrected chi connectivity index (χ1v) is 7.73. The Hall–Kier alpha value is -1.06. The number of hydrogen-bond donors (Lipinski definition) is 2. The zero-order chi connectivity index (χ0) is 13.2. The van der Waals surface area contributed by atoms with E-state index in [-0.39, 0.29) is 0 Å². The lowest BCUT2D eigenvalue weighted by Crippen LogP contribution is -2.32. The largest absolute Gasteiger partial charge is 0.382 e. The molecule has 0 aromatic heterocycles. The van der Waals surface area contributed by atoms with Crippen molar-refractivity contribution in [1.82, 2.24) is 0 Å². The molecule has 3 heteroatoms. The second-order valence-electron chi connectivity index (χ2n) is 5.40. The average molecular weight is 319 g/mol. The molecule has 1 saturated carbocycles. The lowest BCUT2D eigenvalue weighted by Gasteiger charge is -2.28. The van der Waals surface area contributed by atoms with Crippen molar-refractivity contribution in [2.75, 3.05) is 5.32 Å². The maximum absolute atomic E-state index is 5.97. The Kier molecular flexibility index (Phi) is 3.76. The predicted octanol–water partition coefficient (Wildman–Crippen LogP) is 4.28. The zero-order valence-corrected chi connectivity index (χ0v) is 12.5. The van der Waals surface area contributed by atoms with Gasteiger partial charge in [-0.05, 0) is 43.2 Å². The van der Waals surface area contributed by atoms with Gasteiger partial charge in [0.25, 0.3) is 0 Å². The number of halogens is 1. The maximum atomic E-state index is 5.97. The lowest BCUT2D eigenvalue weighted by atomic mass is 9.91. The minimum absolute atomic E-state index is 0.403. The van der Waals surface area contributed by atoms with Crippen LogP contribution in [0, 0.1) is 0 Å². The Morgan fingerprint density at radius 2 is 1.63 bits per heavy atom. The van der Waals surface area contributed by atoms with Crippen molar-refractivity contribution >= 4 is 32.4 Å². The summed E-state index contributed by atoms with van der Waals surface area (Å²) >= 11 is 3.62. The number of rotatable bonds is 2. The summed E-state index contributed by atoms with van der Waals surface area (Å²) in [5, 5.41) is 6.24. The average Bonchev–Trinajstić information content (AvgIpc) is 2.45. The fourth-order valence-electron chi connectivity index (χ4n) is 2.87. The third-order valence-corrected chi connectivity index (χ3v) is 4.69. The van der Waals surface area contributed by atoms with E-state index in [1.54, 1.807) is 0 Å². The molecule has 1 aliphatic rings. The normalized spacial score (nSPS) is 23.5. The molecule has 2 nitrogen and oxygen atoms in total. The quantitative estimate of drug-likeness (QED) is 0.867. The molecule has 19 heavy (non-hydrogen) atoms. The summed E-state index contributed by atoms with van der Waals surface area (Å²) in [5.41, 5.74) is 7.20. The Balaban J connectivity index is 1.87. The van der Waals surface area contributed by atoms with Gasteiger partial charge in [-0.15, -0.1) is 0 Å². The van der Waals surface area contributed by atoms with Crippen molar-refractivity contribution in [2.24, 2.45) is 5.73 Å². The van der Waals surface area contributed by atoms with Gasteiger partial charge in [0.05, 0.1) is 0 Å². The monoisotopic (exact) mass is 318 g/mol. The second kappa shape index (κ2) is 5.51. The van der Waals surface area contributed by atoms with Crippen LogP contribution in [0.1, 0.15) is 25.7 Å². The molecule has 2 aromatic rings. The van der Waals surface area contributed by atoms with E-state index in [4.69, 9.17) is 5.73 Å². The van der Waals surface area contributed by atoms with Crippen LogP contribution in [-0.4, -0.2) is 12.1 Å². The van der Waals surface area contributed by atoms with E-state index in [0.717, 1.165) is 17.3 Å². The molecule has 0 spiro atoms. The number of anilines is 1. The van der Waals surface area contributed by atoms with Crippen molar-refractivity contribution in [1.29, 1.82) is 0 Å². The van der Waals surface area contributed by atoms with Crippen LogP contribution in [0.2, 0.25) is 0 Å². The van der Waals surface area contributed by atoms with Crippen molar-refractivity contribution < 1.29 is 0 Å². The highest BCUT2D eigenvalue weighted by atomic mass is 79.9. The SMILES string of the molecule is NC1CCC(Nc2ccc(Br)c3ccccc23)CC1. The minimum atomic E-state index is 0.403. The van der Waals surface area contributed by atoms with Gasteiger partial charge in [0.1, 0.15) is 0 Å². The van der Waals surface area contributed by atoms with Crippen molar-refractivity contribution in [3.05, 3.63) is 40.9 Å². The molecule has 0 aliphatic heterocycles. The highest BCUT2D eigenvalue weighted by Gasteiger charge is 2.18. The summed E-state index contributed by atoms with van der Waals surface area (Å²) in [6, 6.07) is 13.8. The number of benzene rings is 2. The summed E-state index contributed by atoms with van der Waals surface area (Å²) in [7, 11) is 0. The van der Waals surface area contributed by atoms with E-state index in [2.05, 4.69) is 57.6 Å². The van der Waals surface area contributed by atoms with Crippen LogP contribution in [-0.2, 0) is 0 Å². The van der Waals surface area contributed by atoms with E-state index < -0.39 is 0 Å². The van der Waals surface area contributed by atoms with Crippen molar-refractivity contribution in [2.45, 2.75) is 37.8 Å². The first-order chi connectivity index (χ1) is 9.24. The van der Waals surface area contributed by atoms with E-state index in [0.29, 0.717) is 12.1 Å². The number of nitrogens with one attached hydrogen (secondary N) is 1. The Morgan fingerprint density at radius 1 is 0.947 bits per heavy atom. The molecule has 0 atom stereocenters. The number of fused-ring (bicyclic) bond motifs is 1. The van der Waals surface area contributed by atoms with Gasteiger partial charge in [0, 0.05) is 27.6 Å². The van der Waals surface area contributed by atoms with Crippen LogP contribution in [0.25, 0.3) is 10.8 Å². The molecular formula is C16H19BrN2. The molecule has 2 aromatic carbocycles. The molecule has 0 amide bonds. The molecule has 3 N–H and O–H groups in total. The topological polar surface area (TPSA) is 38.0 Å². The van der Waals surface area contributed by atoms with Gasteiger partial charge in [-0.25, -0.2) is 0 Å². The van der Waals surface area contributed by atoms with Gasteiger partial charge >= 0.3 is 0 Å². The van der Waals surface area contributed by atoms with Gasteiger partial charge in [0.2, 0.25) is 0 Å². The van der Waals surface area contributed by atoms with E-state index in [1.807, 2.05) is 0 Å². The Bertz CT molecular complexity index is 574. The second-order valence-corrected chi connectivity index (χ2v) is 6.25. The summed E-state index contributed by atoms with van der Waals surface area (Å²) in [6.45, 7) is 0. The Labute approximate surface area is 122 Å². The van der Waals surface area contributed by atoms with Crippen LogP contribution in [0.15, 0.2) is 40.9 Å². The lowest BCUT2D eigenvalue weighted by molar-refractivity contribution is 0.411. The summed E-state index contributed by atoms with van der Waals surface area (Å²) in [6.07, 6.45) is 4.61. The van der Waals surface area contributed by atoms with Gasteiger partial charge < -0.3 is 11.1 Å². The highest BCUT2D eigenvalue weighted by molar-refractivity contribution is 9.10. The summed E-state index contributed by atoms with van der Waals surface area (Å²) in [5.74, 6) is 0. The molecule has 0 bridgehead atoms. The molecular weight excluding hydrogens is 300 g/mol. The first kappa shape index (κ1) is 12.9. The standard InChI is InChI=1S/C16H19BrN2/c17-15-9-10-16(14-4-2-1-3-13(14)15)19-12-7-5-11(18)6-8-12/h1-4,9-12,19H,5-8,18H2. The molecule has 0 heterocycles. The van der Waals surface area contributed by atoms with Crippen LogP contribution in [0.5, 0.6) is 0 Å². The van der Waals surface area contributed by atoms with E-state index >= 15 is 0 Å². The van der Waals surface area contributed by atoms with Crippen molar-refractivity contribution in [3.8, 4) is 0 Å².